The zero-order valence-electron chi connectivity index (χ0n) is 15.3. The third kappa shape index (κ3) is 3.40. The van der Waals surface area contributed by atoms with Crippen molar-refractivity contribution in [1.29, 1.82) is 0 Å². The monoisotopic (exact) mass is 377 g/mol. The van der Waals surface area contributed by atoms with Gasteiger partial charge in [-0.15, -0.1) is 0 Å². The first-order valence-electron chi connectivity index (χ1n) is 9.67. The van der Waals surface area contributed by atoms with Crippen molar-refractivity contribution in [3.63, 3.8) is 0 Å². The van der Waals surface area contributed by atoms with Gasteiger partial charge in [0.2, 0.25) is 15.9 Å². The third-order valence-corrected chi connectivity index (χ3v) is 7.28. The van der Waals surface area contributed by atoms with E-state index in [1.807, 2.05) is 4.90 Å². The molecule has 1 amide bonds. The zero-order chi connectivity index (χ0) is 18.3. The molecule has 26 heavy (non-hydrogen) atoms. The fraction of sp³-hybridized carbons (Fsp3) is 0.632. The molecule has 2 aliphatic heterocycles. The minimum absolute atomic E-state index is 0.180. The van der Waals surface area contributed by atoms with Crippen LogP contribution in [0.3, 0.4) is 0 Å². The van der Waals surface area contributed by atoms with Crippen LogP contribution in [0.15, 0.2) is 23.1 Å². The standard InChI is InChI=1S/C19H27N3O3S/c1-2-21-10-3-4-16(21)13-20-26(24,25)17-7-8-18-15(12-17)9-11-22(18)19(23)14-5-6-14/h7-8,12,14,16,20H,2-6,9-11,13H2,1H3. The molecule has 1 aromatic rings. The molecule has 1 saturated heterocycles. The van der Waals surface area contributed by atoms with Crippen molar-refractivity contribution >= 4 is 21.6 Å². The highest BCUT2D eigenvalue weighted by atomic mass is 32.2. The number of amides is 1. The highest BCUT2D eigenvalue weighted by Gasteiger charge is 2.36. The number of rotatable bonds is 6. The van der Waals surface area contributed by atoms with Crippen LogP contribution in [0.1, 0.15) is 38.2 Å². The fourth-order valence-electron chi connectivity index (χ4n) is 4.16. The van der Waals surface area contributed by atoms with Crippen LogP contribution in [0.4, 0.5) is 5.69 Å². The molecule has 0 aromatic heterocycles. The number of carbonyl (C=O) groups excluding carboxylic acids is 1. The molecule has 1 N–H and O–H groups in total. The van der Waals surface area contributed by atoms with E-state index < -0.39 is 10.0 Å². The van der Waals surface area contributed by atoms with Gasteiger partial charge in [-0.05, 0) is 69.0 Å². The number of carbonyl (C=O) groups is 1. The molecule has 1 saturated carbocycles. The first-order valence-corrected chi connectivity index (χ1v) is 11.2. The molecule has 142 valence electrons. The third-order valence-electron chi connectivity index (χ3n) is 5.86. The minimum Gasteiger partial charge on any atom is -0.312 e. The maximum absolute atomic E-state index is 12.7. The number of hydrogen-bond donors (Lipinski definition) is 1. The van der Waals surface area contributed by atoms with E-state index in [0.29, 0.717) is 18.0 Å². The summed E-state index contributed by atoms with van der Waals surface area (Å²) in [4.78, 5) is 16.8. The molecule has 0 spiro atoms. The zero-order valence-corrected chi connectivity index (χ0v) is 16.1. The number of hydrogen-bond acceptors (Lipinski definition) is 4. The topological polar surface area (TPSA) is 69.7 Å². The van der Waals surface area contributed by atoms with E-state index in [2.05, 4.69) is 16.5 Å². The molecule has 0 radical (unpaired) electrons. The van der Waals surface area contributed by atoms with Crippen molar-refractivity contribution in [3.05, 3.63) is 23.8 Å². The van der Waals surface area contributed by atoms with E-state index in [-0.39, 0.29) is 17.9 Å². The number of nitrogens with zero attached hydrogens (tertiary/aromatic N) is 2. The molecule has 1 aliphatic carbocycles. The SMILES string of the molecule is CCN1CCCC1CNS(=O)(=O)c1ccc2c(c1)CCN2C(=O)C1CC1. The van der Waals surface area contributed by atoms with Crippen molar-refractivity contribution in [2.24, 2.45) is 5.92 Å². The maximum atomic E-state index is 12.7. The fourth-order valence-corrected chi connectivity index (χ4v) is 5.28. The lowest BCUT2D eigenvalue weighted by atomic mass is 10.2. The second-order valence-corrected chi connectivity index (χ2v) is 9.35. The number of nitrogens with one attached hydrogen (secondary N) is 1. The number of likely N-dealkylation sites (tertiary alicyclic amines) is 1. The molecule has 3 aliphatic rings. The summed E-state index contributed by atoms with van der Waals surface area (Å²) in [6.07, 6.45) is 4.86. The van der Waals surface area contributed by atoms with Gasteiger partial charge in [-0.3, -0.25) is 9.69 Å². The first-order chi connectivity index (χ1) is 12.5. The highest BCUT2D eigenvalue weighted by molar-refractivity contribution is 7.89. The number of likely N-dealkylation sites (N-methyl/N-ethyl adjacent to an activating group) is 1. The van der Waals surface area contributed by atoms with Gasteiger partial charge >= 0.3 is 0 Å². The Morgan fingerprint density at radius 2 is 2.04 bits per heavy atom. The summed E-state index contributed by atoms with van der Waals surface area (Å²) in [6.45, 7) is 5.24. The van der Waals surface area contributed by atoms with Gasteiger partial charge in [-0.2, -0.15) is 0 Å². The Kier molecular flexibility index (Phi) is 4.79. The highest BCUT2D eigenvalue weighted by Crippen LogP contribution is 2.37. The van der Waals surface area contributed by atoms with Gasteiger partial charge in [0.05, 0.1) is 4.90 Å². The summed E-state index contributed by atoms with van der Waals surface area (Å²) in [5, 5.41) is 0. The summed E-state index contributed by atoms with van der Waals surface area (Å²) in [5.74, 6) is 0.373. The predicted molar refractivity (Wildman–Crippen MR) is 101 cm³/mol. The minimum atomic E-state index is -3.52. The normalized spacial score (nSPS) is 23.4. The summed E-state index contributed by atoms with van der Waals surface area (Å²) in [6, 6.07) is 5.46. The van der Waals surface area contributed by atoms with Crippen LogP contribution in [0.25, 0.3) is 0 Å². The van der Waals surface area contributed by atoms with Gasteiger partial charge in [0, 0.05) is 30.7 Å². The van der Waals surface area contributed by atoms with Crippen LogP contribution in [0, 0.1) is 5.92 Å². The molecule has 2 fully saturated rings. The van der Waals surface area contributed by atoms with Crippen LogP contribution in [-0.2, 0) is 21.2 Å². The molecule has 7 heteroatoms. The Morgan fingerprint density at radius 1 is 1.23 bits per heavy atom. The van der Waals surface area contributed by atoms with Gasteiger partial charge in [0.25, 0.3) is 0 Å². The van der Waals surface area contributed by atoms with E-state index in [9.17, 15) is 13.2 Å². The number of sulfonamides is 1. The molecule has 1 unspecified atom stereocenters. The Balaban J connectivity index is 1.46. The second-order valence-electron chi connectivity index (χ2n) is 7.58. The summed E-state index contributed by atoms with van der Waals surface area (Å²) in [5.41, 5.74) is 1.84. The lowest BCUT2D eigenvalue weighted by molar-refractivity contribution is -0.119. The van der Waals surface area contributed by atoms with Crippen molar-refractivity contribution in [1.82, 2.24) is 9.62 Å². The Bertz CT molecular complexity index is 804. The van der Waals surface area contributed by atoms with Gasteiger partial charge in [0.15, 0.2) is 0 Å². The van der Waals surface area contributed by atoms with Gasteiger partial charge in [-0.1, -0.05) is 6.92 Å². The molecule has 6 nitrogen and oxygen atoms in total. The van der Waals surface area contributed by atoms with Crippen LogP contribution in [-0.4, -0.2) is 51.4 Å². The molecule has 4 rings (SSSR count). The predicted octanol–water partition coefficient (Wildman–Crippen LogP) is 1.75. The molecular formula is C19H27N3O3S. The maximum Gasteiger partial charge on any atom is 0.240 e. The van der Waals surface area contributed by atoms with E-state index in [1.165, 1.54) is 0 Å². The smallest absolute Gasteiger partial charge is 0.240 e. The Labute approximate surface area is 155 Å². The van der Waals surface area contributed by atoms with E-state index in [1.54, 1.807) is 18.2 Å². The summed E-state index contributed by atoms with van der Waals surface area (Å²) >= 11 is 0. The largest absolute Gasteiger partial charge is 0.312 e. The summed E-state index contributed by atoms with van der Waals surface area (Å²) < 4.78 is 28.2. The van der Waals surface area contributed by atoms with Crippen LogP contribution in [0.5, 0.6) is 0 Å². The van der Waals surface area contributed by atoms with Crippen molar-refractivity contribution in [3.8, 4) is 0 Å². The van der Waals surface area contributed by atoms with Crippen molar-refractivity contribution in [2.75, 3.05) is 31.1 Å². The lowest BCUT2D eigenvalue weighted by Crippen LogP contribution is -2.40. The molecule has 2 heterocycles. The van der Waals surface area contributed by atoms with E-state index in [0.717, 1.165) is 56.4 Å². The van der Waals surface area contributed by atoms with Crippen LogP contribution >= 0.6 is 0 Å². The second kappa shape index (κ2) is 6.94. The van der Waals surface area contributed by atoms with Gasteiger partial charge < -0.3 is 4.90 Å². The first kappa shape index (κ1) is 17.9. The van der Waals surface area contributed by atoms with Crippen molar-refractivity contribution < 1.29 is 13.2 Å². The Morgan fingerprint density at radius 3 is 2.77 bits per heavy atom. The average Bonchev–Trinajstić information content (AvgIpc) is 3.24. The average molecular weight is 378 g/mol. The quantitative estimate of drug-likeness (QED) is 0.820. The summed E-state index contributed by atoms with van der Waals surface area (Å²) in [7, 11) is -3.52. The van der Waals surface area contributed by atoms with Crippen LogP contribution in [0.2, 0.25) is 0 Å². The molecule has 0 bridgehead atoms. The Hall–Kier alpha value is -1.44. The van der Waals surface area contributed by atoms with Gasteiger partial charge in [0.1, 0.15) is 0 Å². The molecule has 1 atom stereocenters. The van der Waals surface area contributed by atoms with Gasteiger partial charge in [-0.25, -0.2) is 13.1 Å². The number of benzene rings is 1. The lowest BCUT2D eigenvalue weighted by Gasteiger charge is -2.23. The molecular weight excluding hydrogens is 350 g/mol. The number of anilines is 1. The van der Waals surface area contributed by atoms with Crippen molar-refractivity contribution in [2.45, 2.75) is 50.0 Å². The molecule has 1 aromatic carbocycles. The van der Waals surface area contributed by atoms with Crippen LogP contribution < -0.4 is 9.62 Å². The van der Waals surface area contributed by atoms with E-state index >= 15 is 0 Å². The van der Waals surface area contributed by atoms with E-state index in [4.69, 9.17) is 0 Å². The number of fused-ring (bicyclic) bond motifs is 1.